The Labute approximate surface area is 116 Å². The minimum Gasteiger partial charge on any atom is -0.325 e. The highest BCUT2D eigenvalue weighted by Gasteiger charge is 2.05. The summed E-state index contributed by atoms with van der Waals surface area (Å²) in [5, 5.41) is 3.47. The number of benzene rings is 1. The largest absolute Gasteiger partial charge is 0.325 e. The zero-order valence-corrected chi connectivity index (χ0v) is 11.7. The van der Waals surface area contributed by atoms with E-state index in [4.69, 9.17) is 0 Å². The van der Waals surface area contributed by atoms with Crippen LogP contribution in [0.15, 0.2) is 41.8 Å². The molecular formula is C14H15N3OS. The van der Waals surface area contributed by atoms with Gasteiger partial charge in [-0.3, -0.25) is 4.79 Å². The normalized spacial score (nSPS) is 10.2. The van der Waals surface area contributed by atoms with E-state index >= 15 is 0 Å². The first kappa shape index (κ1) is 13.5. The van der Waals surface area contributed by atoms with Gasteiger partial charge in [0.25, 0.3) is 0 Å². The first-order chi connectivity index (χ1) is 9.15. The first-order valence-electron chi connectivity index (χ1n) is 5.92. The number of hydrogen-bond acceptors (Lipinski definition) is 4. The lowest BCUT2D eigenvalue weighted by atomic mass is 10.1. The Bertz CT molecular complexity index is 572. The number of rotatable bonds is 4. The summed E-state index contributed by atoms with van der Waals surface area (Å²) in [7, 11) is 0. The standard InChI is InChI=1S/C14H15N3OS/c1-10-4-5-12(8-11(10)2)17-13(18)9-19-14-15-6-3-7-16-14/h3-8H,9H2,1-2H3,(H,17,18). The van der Waals surface area contributed by atoms with Crippen LogP contribution in [0, 0.1) is 13.8 Å². The molecule has 5 heteroatoms. The van der Waals surface area contributed by atoms with Crippen LogP contribution in [-0.4, -0.2) is 21.6 Å². The molecule has 1 amide bonds. The lowest BCUT2D eigenvalue weighted by Gasteiger charge is -2.07. The number of aromatic nitrogens is 2. The molecular weight excluding hydrogens is 258 g/mol. The summed E-state index contributed by atoms with van der Waals surface area (Å²) in [4.78, 5) is 19.9. The maximum Gasteiger partial charge on any atom is 0.234 e. The summed E-state index contributed by atoms with van der Waals surface area (Å²) in [5.74, 6) is 0.248. The van der Waals surface area contributed by atoms with Crippen LogP contribution in [-0.2, 0) is 4.79 Å². The number of carbonyl (C=O) groups is 1. The molecule has 0 saturated carbocycles. The number of nitrogens with zero attached hydrogens (tertiary/aromatic N) is 2. The Hall–Kier alpha value is -1.88. The Morgan fingerprint density at radius 3 is 2.63 bits per heavy atom. The van der Waals surface area contributed by atoms with E-state index in [2.05, 4.69) is 15.3 Å². The van der Waals surface area contributed by atoms with Crippen molar-refractivity contribution in [3.05, 3.63) is 47.8 Å². The molecule has 0 radical (unpaired) electrons. The average Bonchev–Trinajstić information content (AvgIpc) is 2.42. The van der Waals surface area contributed by atoms with Crippen molar-refractivity contribution in [2.24, 2.45) is 0 Å². The fraction of sp³-hybridized carbons (Fsp3) is 0.214. The molecule has 1 aromatic heterocycles. The molecule has 2 rings (SSSR count). The van der Waals surface area contributed by atoms with Gasteiger partial charge in [-0.05, 0) is 43.2 Å². The Kier molecular flexibility index (Phi) is 4.52. The molecule has 0 bridgehead atoms. The molecule has 0 spiro atoms. The van der Waals surface area contributed by atoms with Crippen LogP contribution in [0.25, 0.3) is 0 Å². The van der Waals surface area contributed by atoms with E-state index in [0.717, 1.165) is 11.3 Å². The van der Waals surface area contributed by atoms with Gasteiger partial charge in [-0.25, -0.2) is 9.97 Å². The van der Waals surface area contributed by atoms with Gasteiger partial charge in [0.1, 0.15) is 0 Å². The third-order valence-electron chi connectivity index (χ3n) is 2.67. The van der Waals surface area contributed by atoms with Crippen LogP contribution >= 0.6 is 11.8 Å². The minimum atomic E-state index is -0.0549. The highest BCUT2D eigenvalue weighted by atomic mass is 32.2. The van der Waals surface area contributed by atoms with Crippen molar-refractivity contribution >= 4 is 23.4 Å². The molecule has 0 aliphatic heterocycles. The maximum absolute atomic E-state index is 11.8. The number of hydrogen-bond donors (Lipinski definition) is 1. The van der Waals surface area contributed by atoms with Gasteiger partial charge in [0, 0.05) is 18.1 Å². The number of carbonyl (C=O) groups excluding carboxylic acids is 1. The van der Waals surface area contributed by atoms with Crippen molar-refractivity contribution in [3.8, 4) is 0 Å². The van der Waals surface area contributed by atoms with Gasteiger partial charge in [-0.15, -0.1) is 0 Å². The van der Waals surface area contributed by atoms with Crippen molar-refractivity contribution in [1.29, 1.82) is 0 Å². The molecule has 19 heavy (non-hydrogen) atoms. The number of aryl methyl sites for hydroxylation is 2. The molecule has 2 aromatic rings. The molecule has 1 heterocycles. The van der Waals surface area contributed by atoms with Crippen LogP contribution in [0.2, 0.25) is 0 Å². The summed E-state index contributed by atoms with van der Waals surface area (Å²) in [5.41, 5.74) is 3.20. The van der Waals surface area contributed by atoms with Gasteiger partial charge in [0.2, 0.25) is 5.91 Å². The second-order valence-electron chi connectivity index (χ2n) is 4.17. The summed E-state index contributed by atoms with van der Waals surface area (Å²) in [6, 6.07) is 7.62. The van der Waals surface area contributed by atoms with E-state index < -0.39 is 0 Å². The predicted molar refractivity (Wildman–Crippen MR) is 77.3 cm³/mol. The fourth-order valence-electron chi connectivity index (χ4n) is 1.51. The molecule has 0 unspecified atom stereocenters. The van der Waals surface area contributed by atoms with E-state index in [1.165, 1.54) is 17.3 Å². The van der Waals surface area contributed by atoms with E-state index in [1.54, 1.807) is 18.5 Å². The second-order valence-corrected chi connectivity index (χ2v) is 5.11. The minimum absolute atomic E-state index is 0.0549. The molecule has 0 aliphatic rings. The van der Waals surface area contributed by atoms with Crippen molar-refractivity contribution in [1.82, 2.24) is 9.97 Å². The van der Waals surface area contributed by atoms with Gasteiger partial charge in [0.15, 0.2) is 5.16 Å². The number of anilines is 1. The highest BCUT2D eigenvalue weighted by molar-refractivity contribution is 7.99. The first-order valence-corrected chi connectivity index (χ1v) is 6.90. The van der Waals surface area contributed by atoms with Gasteiger partial charge in [-0.2, -0.15) is 0 Å². The van der Waals surface area contributed by atoms with Crippen molar-refractivity contribution in [3.63, 3.8) is 0 Å². The molecule has 1 N–H and O–H groups in total. The summed E-state index contributed by atoms with van der Waals surface area (Å²) >= 11 is 1.32. The average molecular weight is 273 g/mol. The molecule has 4 nitrogen and oxygen atoms in total. The van der Waals surface area contributed by atoms with Gasteiger partial charge in [0.05, 0.1) is 5.75 Å². The smallest absolute Gasteiger partial charge is 0.234 e. The Morgan fingerprint density at radius 1 is 1.21 bits per heavy atom. The molecule has 0 aliphatic carbocycles. The monoisotopic (exact) mass is 273 g/mol. The van der Waals surface area contributed by atoms with Gasteiger partial charge in [-0.1, -0.05) is 17.8 Å². The number of thioether (sulfide) groups is 1. The third-order valence-corrected chi connectivity index (χ3v) is 3.54. The zero-order chi connectivity index (χ0) is 13.7. The van der Waals surface area contributed by atoms with Gasteiger partial charge < -0.3 is 5.32 Å². The lowest BCUT2D eigenvalue weighted by Crippen LogP contribution is -2.14. The van der Waals surface area contributed by atoms with Crippen molar-refractivity contribution < 1.29 is 4.79 Å². The highest BCUT2D eigenvalue weighted by Crippen LogP contribution is 2.15. The third kappa shape index (κ3) is 4.06. The number of nitrogens with one attached hydrogen (secondary N) is 1. The zero-order valence-electron chi connectivity index (χ0n) is 10.9. The summed E-state index contributed by atoms with van der Waals surface area (Å²) < 4.78 is 0. The Morgan fingerprint density at radius 2 is 1.95 bits per heavy atom. The van der Waals surface area contributed by atoms with E-state index in [-0.39, 0.29) is 5.91 Å². The van der Waals surface area contributed by atoms with Crippen molar-refractivity contribution in [2.45, 2.75) is 19.0 Å². The fourth-order valence-corrected chi connectivity index (χ4v) is 2.11. The van der Waals surface area contributed by atoms with Crippen LogP contribution < -0.4 is 5.32 Å². The lowest BCUT2D eigenvalue weighted by molar-refractivity contribution is -0.113. The summed E-state index contributed by atoms with van der Waals surface area (Å²) in [6.45, 7) is 4.07. The topological polar surface area (TPSA) is 54.9 Å². The van der Waals surface area contributed by atoms with Crippen LogP contribution in [0.3, 0.4) is 0 Å². The van der Waals surface area contributed by atoms with Gasteiger partial charge >= 0.3 is 0 Å². The van der Waals surface area contributed by atoms with Crippen LogP contribution in [0.1, 0.15) is 11.1 Å². The molecule has 1 aromatic carbocycles. The SMILES string of the molecule is Cc1ccc(NC(=O)CSc2ncccn2)cc1C. The maximum atomic E-state index is 11.8. The van der Waals surface area contributed by atoms with E-state index in [9.17, 15) is 4.79 Å². The Balaban J connectivity index is 1.89. The molecule has 98 valence electrons. The molecule has 0 fully saturated rings. The van der Waals surface area contributed by atoms with Crippen LogP contribution in [0.4, 0.5) is 5.69 Å². The van der Waals surface area contributed by atoms with Crippen LogP contribution in [0.5, 0.6) is 0 Å². The van der Waals surface area contributed by atoms with E-state index in [1.807, 2.05) is 32.0 Å². The summed E-state index contributed by atoms with van der Waals surface area (Å²) in [6.07, 6.45) is 3.33. The van der Waals surface area contributed by atoms with E-state index in [0.29, 0.717) is 10.9 Å². The molecule has 0 atom stereocenters. The molecule has 0 saturated heterocycles. The second kappa shape index (κ2) is 6.33. The number of amides is 1. The predicted octanol–water partition coefficient (Wildman–Crippen LogP) is 2.82. The quantitative estimate of drug-likeness (QED) is 0.687. The van der Waals surface area contributed by atoms with Crippen molar-refractivity contribution in [2.75, 3.05) is 11.1 Å².